The van der Waals surface area contributed by atoms with E-state index in [2.05, 4.69) is 10.3 Å². The smallest absolute Gasteiger partial charge is 0.225 e. The van der Waals surface area contributed by atoms with Crippen LogP contribution >= 0.6 is 23.1 Å². The molecule has 1 heterocycles. The van der Waals surface area contributed by atoms with E-state index in [-0.39, 0.29) is 5.91 Å². The summed E-state index contributed by atoms with van der Waals surface area (Å²) in [7, 11) is 0. The van der Waals surface area contributed by atoms with E-state index in [0.717, 1.165) is 4.34 Å². The Hall–Kier alpha value is -1.84. The minimum absolute atomic E-state index is 0.0563. The van der Waals surface area contributed by atoms with Crippen molar-refractivity contribution in [3.63, 3.8) is 0 Å². The molecule has 1 aromatic heterocycles. The van der Waals surface area contributed by atoms with Gasteiger partial charge in [-0.3, -0.25) is 4.79 Å². The minimum atomic E-state index is -0.0563. The molecule has 0 spiro atoms. The van der Waals surface area contributed by atoms with Crippen LogP contribution in [0.1, 0.15) is 12.0 Å². The maximum atomic E-state index is 11.7. The predicted molar refractivity (Wildman–Crippen MR) is 77.2 cm³/mol. The lowest BCUT2D eigenvalue weighted by atomic mass is 10.2. The minimum Gasteiger partial charge on any atom is -0.326 e. The van der Waals surface area contributed by atoms with E-state index in [9.17, 15) is 4.79 Å². The molecule has 0 aliphatic carbocycles. The molecule has 19 heavy (non-hydrogen) atoms. The van der Waals surface area contributed by atoms with E-state index in [1.54, 1.807) is 53.6 Å². The lowest BCUT2D eigenvalue weighted by molar-refractivity contribution is -0.115. The zero-order chi connectivity index (χ0) is 13.5. The molecule has 2 aromatic rings. The molecule has 0 saturated carbocycles. The van der Waals surface area contributed by atoms with E-state index >= 15 is 0 Å². The zero-order valence-corrected chi connectivity index (χ0v) is 11.6. The Morgan fingerprint density at radius 1 is 1.53 bits per heavy atom. The first-order valence-electron chi connectivity index (χ1n) is 5.60. The summed E-state index contributed by atoms with van der Waals surface area (Å²) in [5.41, 5.74) is 1.19. The van der Waals surface area contributed by atoms with Crippen LogP contribution in [0, 0.1) is 11.3 Å². The Labute approximate surface area is 119 Å². The van der Waals surface area contributed by atoms with Crippen LogP contribution in [0.5, 0.6) is 0 Å². The summed E-state index contributed by atoms with van der Waals surface area (Å²) in [6, 6.07) is 8.92. The molecule has 0 atom stereocenters. The van der Waals surface area contributed by atoms with Gasteiger partial charge in [-0.15, -0.1) is 11.3 Å². The summed E-state index contributed by atoms with van der Waals surface area (Å²) in [6.07, 6.45) is 2.17. The topological polar surface area (TPSA) is 65.8 Å². The summed E-state index contributed by atoms with van der Waals surface area (Å²) in [6.45, 7) is 0. The monoisotopic (exact) mass is 289 g/mol. The average Bonchev–Trinajstić information content (AvgIpc) is 2.92. The number of nitriles is 1. The number of hydrogen-bond donors (Lipinski definition) is 1. The number of rotatable bonds is 5. The highest BCUT2D eigenvalue weighted by Crippen LogP contribution is 2.21. The number of amides is 1. The van der Waals surface area contributed by atoms with Crippen molar-refractivity contribution in [3.05, 3.63) is 41.4 Å². The number of aromatic nitrogens is 1. The van der Waals surface area contributed by atoms with Crippen LogP contribution in [0.3, 0.4) is 0 Å². The Balaban J connectivity index is 1.79. The van der Waals surface area contributed by atoms with Crippen molar-refractivity contribution in [1.82, 2.24) is 4.98 Å². The molecule has 0 fully saturated rings. The number of nitrogens with one attached hydrogen (secondary N) is 1. The van der Waals surface area contributed by atoms with Gasteiger partial charge in [0.2, 0.25) is 5.91 Å². The number of carbonyl (C=O) groups excluding carboxylic acids is 1. The fraction of sp³-hybridized carbons (Fsp3) is 0.154. The third-order valence-electron chi connectivity index (χ3n) is 2.24. The standard InChI is InChI=1S/C13H11N3OS2/c14-9-10-2-1-3-11(8-10)16-12(17)4-6-18-13-15-5-7-19-13/h1-3,5,7-8H,4,6H2,(H,16,17). The molecule has 6 heteroatoms. The molecule has 1 amide bonds. The van der Waals surface area contributed by atoms with Gasteiger partial charge in [-0.1, -0.05) is 17.8 Å². The number of nitrogens with zero attached hydrogens (tertiary/aromatic N) is 2. The van der Waals surface area contributed by atoms with Gasteiger partial charge in [-0.05, 0) is 18.2 Å². The largest absolute Gasteiger partial charge is 0.326 e. The van der Waals surface area contributed by atoms with E-state index in [1.807, 2.05) is 11.4 Å². The second kappa shape index (κ2) is 6.92. The Morgan fingerprint density at radius 2 is 2.42 bits per heavy atom. The molecule has 0 bridgehead atoms. The van der Waals surface area contributed by atoms with E-state index in [4.69, 9.17) is 5.26 Å². The number of hydrogen-bond acceptors (Lipinski definition) is 5. The van der Waals surface area contributed by atoms with Gasteiger partial charge in [0.05, 0.1) is 11.6 Å². The molecule has 1 aromatic carbocycles. The maximum Gasteiger partial charge on any atom is 0.225 e. The summed E-state index contributed by atoms with van der Waals surface area (Å²) in [5.74, 6) is 0.635. The van der Waals surface area contributed by atoms with Gasteiger partial charge >= 0.3 is 0 Å². The van der Waals surface area contributed by atoms with Crippen LogP contribution in [0.2, 0.25) is 0 Å². The molecule has 0 aliphatic heterocycles. The first-order valence-corrected chi connectivity index (χ1v) is 7.47. The summed E-state index contributed by atoms with van der Waals surface area (Å²) >= 11 is 3.14. The van der Waals surface area contributed by atoms with Crippen molar-refractivity contribution < 1.29 is 4.79 Å². The fourth-order valence-electron chi connectivity index (χ4n) is 1.40. The van der Waals surface area contributed by atoms with Gasteiger partial charge in [0.25, 0.3) is 0 Å². The SMILES string of the molecule is N#Cc1cccc(NC(=O)CCSc2nccs2)c1. The molecule has 0 unspecified atom stereocenters. The highest BCUT2D eigenvalue weighted by Gasteiger charge is 2.04. The summed E-state index contributed by atoms with van der Waals surface area (Å²) < 4.78 is 0.972. The van der Waals surface area contributed by atoms with Crippen LogP contribution in [-0.2, 0) is 4.79 Å². The average molecular weight is 289 g/mol. The van der Waals surface area contributed by atoms with Crippen molar-refractivity contribution in [3.8, 4) is 6.07 Å². The quantitative estimate of drug-likeness (QED) is 0.859. The van der Waals surface area contributed by atoms with Gasteiger partial charge in [0.15, 0.2) is 0 Å². The Bertz CT molecular complexity index is 590. The molecule has 0 radical (unpaired) electrons. The molecule has 0 saturated heterocycles. The van der Waals surface area contributed by atoms with E-state index in [0.29, 0.717) is 23.4 Å². The van der Waals surface area contributed by atoms with Crippen molar-refractivity contribution in [2.75, 3.05) is 11.1 Å². The highest BCUT2D eigenvalue weighted by molar-refractivity contribution is 8.01. The van der Waals surface area contributed by atoms with Crippen LogP contribution in [0.25, 0.3) is 0 Å². The predicted octanol–water partition coefficient (Wildman–Crippen LogP) is 3.14. The van der Waals surface area contributed by atoms with Crippen LogP contribution < -0.4 is 5.32 Å². The lowest BCUT2D eigenvalue weighted by Crippen LogP contribution is -2.12. The summed E-state index contributed by atoms with van der Waals surface area (Å²) in [5, 5.41) is 13.5. The third-order valence-corrected chi connectivity index (χ3v) is 4.21. The summed E-state index contributed by atoms with van der Waals surface area (Å²) in [4.78, 5) is 15.8. The molecular weight excluding hydrogens is 278 g/mol. The van der Waals surface area contributed by atoms with Crippen LogP contribution in [0.15, 0.2) is 40.2 Å². The van der Waals surface area contributed by atoms with Crippen molar-refractivity contribution in [1.29, 1.82) is 5.26 Å². The Morgan fingerprint density at radius 3 is 3.16 bits per heavy atom. The number of thioether (sulfide) groups is 1. The van der Waals surface area contributed by atoms with Crippen molar-refractivity contribution in [2.45, 2.75) is 10.8 Å². The van der Waals surface area contributed by atoms with Gasteiger partial charge in [0.1, 0.15) is 4.34 Å². The zero-order valence-electron chi connectivity index (χ0n) is 10.00. The Kier molecular flexibility index (Phi) is 4.95. The lowest BCUT2D eigenvalue weighted by Gasteiger charge is -2.04. The third kappa shape index (κ3) is 4.39. The number of carbonyl (C=O) groups is 1. The second-order valence-corrected chi connectivity index (χ2v) is 5.87. The van der Waals surface area contributed by atoms with Gasteiger partial charge in [-0.25, -0.2) is 4.98 Å². The first kappa shape index (κ1) is 13.6. The molecular formula is C13H11N3OS2. The van der Waals surface area contributed by atoms with E-state index < -0.39 is 0 Å². The number of anilines is 1. The molecule has 0 aliphatic rings. The van der Waals surface area contributed by atoms with Gasteiger partial charge in [0, 0.05) is 29.4 Å². The number of thiazole rings is 1. The molecule has 4 nitrogen and oxygen atoms in total. The highest BCUT2D eigenvalue weighted by atomic mass is 32.2. The molecule has 1 N–H and O–H groups in total. The van der Waals surface area contributed by atoms with Gasteiger partial charge in [-0.2, -0.15) is 5.26 Å². The second-order valence-electron chi connectivity index (χ2n) is 3.64. The van der Waals surface area contributed by atoms with Crippen LogP contribution in [0.4, 0.5) is 5.69 Å². The number of benzene rings is 1. The van der Waals surface area contributed by atoms with E-state index in [1.165, 1.54) is 0 Å². The first-order chi connectivity index (χ1) is 9.28. The van der Waals surface area contributed by atoms with Crippen molar-refractivity contribution in [2.24, 2.45) is 0 Å². The van der Waals surface area contributed by atoms with Crippen LogP contribution in [-0.4, -0.2) is 16.6 Å². The molecule has 2 rings (SSSR count). The fourth-order valence-corrected chi connectivity index (χ4v) is 3.05. The molecule has 96 valence electrons. The maximum absolute atomic E-state index is 11.7. The van der Waals surface area contributed by atoms with Crippen molar-refractivity contribution >= 4 is 34.7 Å². The normalized spacial score (nSPS) is 9.84. The van der Waals surface area contributed by atoms with Gasteiger partial charge < -0.3 is 5.32 Å².